The van der Waals surface area contributed by atoms with Gasteiger partial charge in [-0.25, -0.2) is 4.39 Å². The number of nitrogens with zero attached hydrogens (tertiary/aromatic N) is 2. The van der Waals surface area contributed by atoms with Crippen molar-refractivity contribution in [3.05, 3.63) is 59.4 Å². The molecule has 27 heavy (non-hydrogen) atoms. The van der Waals surface area contributed by atoms with Crippen molar-refractivity contribution < 1.29 is 19.3 Å². The van der Waals surface area contributed by atoms with Crippen LogP contribution in [0.3, 0.4) is 0 Å². The third-order valence-corrected chi connectivity index (χ3v) is 5.18. The third-order valence-electron chi connectivity index (χ3n) is 5.18. The SMILES string of the molecule is COc1cccc(CN2CCN(Cc3ccccc3F)C(CCO)C2)c1O. The Morgan fingerprint density at radius 1 is 1.07 bits per heavy atom. The Bertz CT molecular complexity index is 756. The van der Waals surface area contributed by atoms with E-state index in [0.717, 1.165) is 25.2 Å². The van der Waals surface area contributed by atoms with Crippen LogP contribution in [-0.2, 0) is 13.1 Å². The molecule has 0 amide bonds. The average Bonchev–Trinajstić information content (AvgIpc) is 2.67. The van der Waals surface area contributed by atoms with Crippen LogP contribution < -0.4 is 4.74 Å². The summed E-state index contributed by atoms with van der Waals surface area (Å²) in [5.74, 6) is 0.453. The quantitative estimate of drug-likeness (QED) is 0.780. The van der Waals surface area contributed by atoms with Gasteiger partial charge in [0.2, 0.25) is 0 Å². The standard InChI is InChI=1S/C21H27FN2O3/c1-27-20-8-4-6-17(21(20)26)13-23-10-11-24(18(15-23)9-12-25)14-16-5-2-3-7-19(16)22/h2-8,18,25-26H,9-15H2,1H3. The van der Waals surface area contributed by atoms with Crippen molar-refractivity contribution in [2.24, 2.45) is 0 Å². The number of hydrogen-bond donors (Lipinski definition) is 2. The summed E-state index contributed by atoms with van der Waals surface area (Å²) in [5, 5.41) is 19.8. The molecular weight excluding hydrogens is 347 g/mol. The fraction of sp³-hybridized carbons (Fsp3) is 0.429. The van der Waals surface area contributed by atoms with Crippen molar-refractivity contribution >= 4 is 0 Å². The highest BCUT2D eigenvalue weighted by Gasteiger charge is 2.27. The molecule has 1 unspecified atom stereocenters. The van der Waals surface area contributed by atoms with E-state index in [1.54, 1.807) is 12.1 Å². The molecule has 3 rings (SSSR count). The smallest absolute Gasteiger partial charge is 0.162 e. The number of ether oxygens (including phenoxy) is 1. The minimum Gasteiger partial charge on any atom is -0.504 e. The Kier molecular flexibility index (Phi) is 6.66. The highest BCUT2D eigenvalue weighted by atomic mass is 19.1. The van der Waals surface area contributed by atoms with E-state index in [1.807, 2.05) is 24.3 Å². The van der Waals surface area contributed by atoms with Gasteiger partial charge in [-0.05, 0) is 18.6 Å². The van der Waals surface area contributed by atoms with Gasteiger partial charge >= 0.3 is 0 Å². The molecule has 0 aromatic heterocycles. The number of rotatable bonds is 7. The summed E-state index contributed by atoms with van der Waals surface area (Å²) >= 11 is 0. The van der Waals surface area contributed by atoms with E-state index in [9.17, 15) is 14.6 Å². The lowest BCUT2D eigenvalue weighted by Gasteiger charge is -2.41. The molecule has 6 heteroatoms. The normalized spacial score (nSPS) is 18.6. The summed E-state index contributed by atoms with van der Waals surface area (Å²) in [4.78, 5) is 4.49. The molecule has 5 nitrogen and oxygen atoms in total. The molecule has 1 heterocycles. The number of halogens is 1. The first-order chi connectivity index (χ1) is 13.1. The lowest BCUT2D eigenvalue weighted by Crippen LogP contribution is -2.52. The van der Waals surface area contributed by atoms with E-state index < -0.39 is 0 Å². The molecule has 0 saturated carbocycles. The number of aromatic hydroxyl groups is 1. The Labute approximate surface area is 159 Å². The average molecular weight is 374 g/mol. The second-order valence-electron chi connectivity index (χ2n) is 6.93. The van der Waals surface area contributed by atoms with Crippen LogP contribution in [0.4, 0.5) is 4.39 Å². The minimum atomic E-state index is -0.191. The summed E-state index contributed by atoms with van der Waals surface area (Å²) in [5.41, 5.74) is 1.50. The summed E-state index contributed by atoms with van der Waals surface area (Å²) in [6.45, 7) is 3.59. The van der Waals surface area contributed by atoms with Crippen LogP contribution in [0.25, 0.3) is 0 Å². The van der Waals surface area contributed by atoms with E-state index in [2.05, 4.69) is 9.80 Å². The predicted molar refractivity (Wildman–Crippen MR) is 102 cm³/mol. The molecule has 2 aromatic carbocycles. The van der Waals surface area contributed by atoms with Crippen LogP contribution in [0, 0.1) is 5.82 Å². The first-order valence-electron chi connectivity index (χ1n) is 9.28. The van der Waals surface area contributed by atoms with Crippen molar-refractivity contribution in [1.82, 2.24) is 9.80 Å². The maximum atomic E-state index is 14.0. The monoisotopic (exact) mass is 374 g/mol. The molecule has 1 aliphatic heterocycles. The largest absolute Gasteiger partial charge is 0.504 e. The van der Waals surface area contributed by atoms with Gasteiger partial charge in [-0.2, -0.15) is 0 Å². The Balaban J connectivity index is 1.68. The summed E-state index contributed by atoms with van der Waals surface area (Å²) in [6, 6.07) is 12.5. The number of hydrogen-bond acceptors (Lipinski definition) is 5. The maximum absolute atomic E-state index is 14.0. The van der Waals surface area contributed by atoms with Gasteiger partial charge in [-0.15, -0.1) is 0 Å². The van der Waals surface area contributed by atoms with Gasteiger partial charge in [0.25, 0.3) is 0 Å². The van der Waals surface area contributed by atoms with Gasteiger partial charge in [0.05, 0.1) is 7.11 Å². The van der Waals surface area contributed by atoms with Gasteiger partial charge in [-0.3, -0.25) is 9.80 Å². The van der Waals surface area contributed by atoms with Crippen molar-refractivity contribution in [1.29, 1.82) is 0 Å². The fourth-order valence-electron chi connectivity index (χ4n) is 3.68. The Morgan fingerprint density at radius 3 is 2.59 bits per heavy atom. The second kappa shape index (κ2) is 9.17. The Hall–Kier alpha value is -2.15. The highest BCUT2D eigenvalue weighted by molar-refractivity contribution is 5.45. The van der Waals surface area contributed by atoms with Gasteiger partial charge in [0.1, 0.15) is 5.82 Å². The van der Waals surface area contributed by atoms with E-state index in [-0.39, 0.29) is 24.2 Å². The number of aliphatic hydroxyl groups excluding tert-OH is 1. The number of phenols is 1. The fourth-order valence-corrected chi connectivity index (χ4v) is 3.68. The zero-order valence-corrected chi connectivity index (χ0v) is 15.6. The zero-order valence-electron chi connectivity index (χ0n) is 15.6. The van der Waals surface area contributed by atoms with Crippen molar-refractivity contribution in [2.45, 2.75) is 25.6 Å². The van der Waals surface area contributed by atoms with E-state index in [1.165, 1.54) is 13.2 Å². The summed E-state index contributed by atoms with van der Waals surface area (Å²) in [7, 11) is 1.54. The number of para-hydroxylation sites is 1. The number of benzene rings is 2. The van der Waals surface area contributed by atoms with Crippen LogP contribution in [0.5, 0.6) is 11.5 Å². The lowest BCUT2D eigenvalue weighted by molar-refractivity contribution is 0.0489. The molecule has 1 fully saturated rings. The van der Waals surface area contributed by atoms with Crippen molar-refractivity contribution in [3.63, 3.8) is 0 Å². The van der Waals surface area contributed by atoms with E-state index in [0.29, 0.717) is 30.8 Å². The third kappa shape index (κ3) is 4.77. The number of piperazine rings is 1. The molecule has 1 saturated heterocycles. The number of phenolic OH excluding ortho intramolecular Hbond substituents is 1. The Morgan fingerprint density at radius 2 is 1.85 bits per heavy atom. The first kappa shape index (κ1) is 19.6. The summed E-state index contributed by atoms with van der Waals surface area (Å²) in [6.07, 6.45) is 0.634. The van der Waals surface area contributed by atoms with Crippen LogP contribution >= 0.6 is 0 Å². The molecular formula is C21H27FN2O3. The predicted octanol–water partition coefficient (Wildman–Crippen LogP) is 2.61. The first-order valence-corrected chi connectivity index (χ1v) is 9.28. The van der Waals surface area contributed by atoms with Crippen LogP contribution in [0.2, 0.25) is 0 Å². The van der Waals surface area contributed by atoms with E-state index >= 15 is 0 Å². The molecule has 1 atom stereocenters. The van der Waals surface area contributed by atoms with Crippen LogP contribution in [0.15, 0.2) is 42.5 Å². The summed E-state index contributed by atoms with van der Waals surface area (Å²) < 4.78 is 19.2. The van der Waals surface area contributed by atoms with Gasteiger partial charge in [0.15, 0.2) is 11.5 Å². The molecule has 2 N–H and O–H groups in total. The molecule has 0 spiro atoms. The van der Waals surface area contributed by atoms with Gasteiger partial charge in [0, 0.05) is 56.5 Å². The molecule has 146 valence electrons. The van der Waals surface area contributed by atoms with Crippen molar-refractivity contribution in [3.8, 4) is 11.5 Å². The second-order valence-corrected chi connectivity index (χ2v) is 6.93. The molecule has 0 aliphatic carbocycles. The number of methoxy groups -OCH3 is 1. The molecule has 0 bridgehead atoms. The lowest BCUT2D eigenvalue weighted by atomic mass is 10.1. The van der Waals surface area contributed by atoms with Gasteiger partial charge < -0.3 is 14.9 Å². The zero-order chi connectivity index (χ0) is 19.2. The van der Waals surface area contributed by atoms with E-state index in [4.69, 9.17) is 4.74 Å². The molecule has 2 aromatic rings. The van der Waals surface area contributed by atoms with Crippen molar-refractivity contribution in [2.75, 3.05) is 33.4 Å². The minimum absolute atomic E-state index is 0.0939. The topological polar surface area (TPSA) is 56.2 Å². The molecule has 1 aliphatic rings. The van der Waals surface area contributed by atoms with Crippen LogP contribution in [0.1, 0.15) is 17.5 Å². The maximum Gasteiger partial charge on any atom is 0.162 e. The molecule has 0 radical (unpaired) electrons. The van der Waals surface area contributed by atoms with Crippen LogP contribution in [-0.4, -0.2) is 59.4 Å². The highest BCUT2D eigenvalue weighted by Crippen LogP contribution is 2.31. The van der Waals surface area contributed by atoms with Gasteiger partial charge in [-0.1, -0.05) is 30.3 Å². The number of aliphatic hydroxyl groups is 1.